The Morgan fingerprint density at radius 2 is 1.62 bits per heavy atom. The Bertz CT molecular complexity index is 760. The number of hydrogen-bond donors (Lipinski definition) is 0. The highest BCUT2D eigenvalue weighted by Crippen LogP contribution is 2.74. The zero-order chi connectivity index (χ0) is 20.3. The van der Waals surface area contributed by atoms with Crippen molar-refractivity contribution in [3.05, 3.63) is 0 Å². The van der Waals surface area contributed by atoms with E-state index in [9.17, 15) is 9.59 Å². The average molecular weight is 437 g/mol. The Balaban J connectivity index is 1.02. The van der Waals surface area contributed by atoms with Gasteiger partial charge in [0.05, 0.1) is 25.0 Å². The number of rotatable bonds is 6. The van der Waals surface area contributed by atoms with Crippen molar-refractivity contribution in [2.45, 2.75) is 67.5 Å². The fraction of sp³-hybridized carbons (Fsp3) is 0.913. The van der Waals surface area contributed by atoms with Crippen LogP contribution in [-0.2, 0) is 19.1 Å². The Hall–Kier alpha value is -0.360. The molecule has 0 amide bonds. The van der Waals surface area contributed by atoms with Gasteiger partial charge in [-0.25, -0.2) is 0 Å². The van der Waals surface area contributed by atoms with E-state index in [2.05, 4.69) is 25.6 Å². The SMILES string of the molecule is CC1C2CC(C3SC23)C1C(=O)OCC(C)(C)COC(=O)C1C(C)C2CC13CC2S3. The van der Waals surface area contributed by atoms with Crippen LogP contribution < -0.4 is 0 Å². The highest BCUT2D eigenvalue weighted by molar-refractivity contribution is 8.07. The second-order valence-electron chi connectivity index (χ2n) is 11.5. The van der Waals surface area contributed by atoms with Gasteiger partial charge in [0.1, 0.15) is 0 Å². The molecule has 0 aromatic carbocycles. The van der Waals surface area contributed by atoms with Crippen LogP contribution >= 0.6 is 23.5 Å². The molecule has 11 atom stereocenters. The molecular weight excluding hydrogens is 404 g/mol. The summed E-state index contributed by atoms with van der Waals surface area (Å²) in [4.78, 5) is 25.7. The molecule has 0 aromatic heterocycles. The van der Waals surface area contributed by atoms with Gasteiger partial charge in [-0.15, -0.1) is 0 Å². The molecule has 3 aliphatic heterocycles. The number of carbonyl (C=O) groups excluding carboxylic acids is 2. The summed E-state index contributed by atoms with van der Waals surface area (Å²) in [5, 5.41) is 2.34. The predicted octanol–water partition coefficient (Wildman–Crippen LogP) is 4.02. The second kappa shape index (κ2) is 6.11. The van der Waals surface area contributed by atoms with Crippen LogP contribution in [0.2, 0.25) is 0 Å². The summed E-state index contributed by atoms with van der Waals surface area (Å²) in [6, 6.07) is 0. The minimum absolute atomic E-state index is 0.0205. The summed E-state index contributed by atoms with van der Waals surface area (Å²) >= 11 is 4.10. The lowest BCUT2D eigenvalue weighted by atomic mass is 9.78. The van der Waals surface area contributed by atoms with Crippen LogP contribution in [0.5, 0.6) is 0 Å². The lowest BCUT2D eigenvalue weighted by Crippen LogP contribution is -2.51. The molecule has 7 fully saturated rings. The summed E-state index contributed by atoms with van der Waals surface area (Å²) in [7, 11) is 0. The summed E-state index contributed by atoms with van der Waals surface area (Å²) in [6.45, 7) is 9.17. The minimum atomic E-state index is -0.350. The van der Waals surface area contributed by atoms with Gasteiger partial charge in [-0.05, 0) is 48.9 Å². The molecule has 3 heterocycles. The highest BCUT2D eigenvalue weighted by Gasteiger charge is 2.71. The number of hydrogen-bond acceptors (Lipinski definition) is 6. The van der Waals surface area contributed by atoms with Gasteiger partial charge in [-0.1, -0.05) is 27.7 Å². The van der Waals surface area contributed by atoms with Gasteiger partial charge >= 0.3 is 11.9 Å². The van der Waals surface area contributed by atoms with Crippen LogP contribution in [0.4, 0.5) is 0 Å². The normalized spacial score (nSPS) is 52.8. The molecule has 1 spiro atoms. The largest absolute Gasteiger partial charge is 0.465 e. The number of fused-ring (bicyclic) bond motifs is 5. The second-order valence-corrected chi connectivity index (χ2v) is 14.5. The summed E-state index contributed by atoms with van der Waals surface area (Å²) in [5.41, 5.74) is -0.350. The maximum absolute atomic E-state index is 12.9. The first-order chi connectivity index (χ1) is 13.7. The first-order valence-corrected chi connectivity index (χ1v) is 13.2. The molecule has 3 saturated heterocycles. The Kier molecular flexibility index (Phi) is 4.08. The van der Waals surface area contributed by atoms with Crippen molar-refractivity contribution in [1.82, 2.24) is 0 Å². The molecule has 0 N–H and O–H groups in total. The van der Waals surface area contributed by atoms with E-state index in [4.69, 9.17) is 9.47 Å². The number of carbonyl (C=O) groups is 2. The monoisotopic (exact) mass is 436 g/mol. The molecule has 29 heavy (non-hydrogen) atoms. The van der Waals surface area contributed by atoms with Crippen molar-refractivity contribution < 1.29 is 19.1 Å². The summed E-state index contributed by atoms with van der Waals surface area (Å²) in [5.74, 6) is 2.94. The third-order valence-electron chi connectivity index (χ3n) is 9.15. The van der Waals surface area contributed by atoms with Crippen molar-refractivity contribution >= 4 is 35.5 Å². The molecule has 4 saturated carbocycles. The summed E-state index contributed by atoms with van der Waals surface area (Å²) < 4.78 is 11.8. The summed E-state index contributed by atoms with van der Waals surface area (Å²) in [6.07, 6.45) is 3.62. The number of ether oxygens (including phenoxy) is 2. The smallest absolute Gasteiger partial charge is 0.310 e. The molecule has 6 heteroatoms. The van der Waals surface area contributed by atoms with E-state index in [-0.39, 0.29) is 33.9 Å². The van der Waals surface area contributed by atoms with Gasteiger partial charge in [-0.3, -0.25) is 9.59 Å². The van der Waals surface area contributed by atoms with E-state index >= 15 is 0 Å². The maximum Gasteiger partial charge on any atom is 0.310 e. The Labute approximate surface area is 182 Å². The van der Waals surface area contributed by atoms with Gasteiger partial charge in [0, 0.05) is 25.9 Å². The van der Waals surface area contributed by atoms with Gasteiger partial charge in [0.2, 0.25) is 0 Å². The molecule has 7 aliphatic rings. The van der Waals surface area contributed by atoms with Gasteiger partial charge in [0.15, 0.2) is 0 Å². The molecule has 5 bridgehead atoms. The molecular formula is C23H32O4S2. The van der Waals surface area contributed by atoms with E-state index in [1.54, 1.807) is 0 Å². The van der Waals surface area contributed by atoms with Crippen molar-refractivity contribution in [3.63, 3.8) is 0 Å². The standard InChI is InChI=1S/C23H32O4S2/c1-10-12-5-13(19-18(12)28-19)16(10)20(24)26-8-22(3,4)9-27-21(25)17-11(2)14-6-23(17)7-15(14)29-23/h10-19H,5-9H2,1-4H3. The van der Waals surface area contributed by atoms with Crippen molar-refractivity contribution in [2.75, 3.05) is 13.2 Å². The van der Waals surface area contributed by atoms with E-state index in [0.717, 1.165) is 15.7 Å². The third-order valence-corrected chi connectivity index (χ3v) is 12.6. The average Bonchev–Trinajstić information content (AvgIpc) is 2.95. The minimum Gasteiger partial charge on any atom is -0.465 e. The Morgan fingerprint density at radius 3 is 2.24 bits per heavy atom. The molecule has 160 valence electrons. The van der Waals surface area contributed by atoms with Gasteiger partial charge in [-0.2, -0.15) is 23.5 Å². The topological polar surface area (TPSA) is 52.6 Å². The van der Waals surface area contributed by atoms with Crippen LogP contribution in [-0.4, -0.2) is 45.6 Å². The van der Waals surface area contributed by atoms with E-state index in [0.29, 0.717) is 42.8 Å². The van der Waals surface area contributed by atoms with Crippen LogP contribution in [0.1, 0.15) is 47.0 Å². The first kappa shape index (κ1) is 19.3. The number of thioether (sulfide) groups is 2. The molecule has 11 unspecified atom stereocenters. The first-order valence-electron chi connectivity index (χ1n) is 11.4. The number of esters is 2. The van der Waals surface area contributed by atoms with Crippen LogP contribution in [0.3, 0.4) is 0 Å². The van der Waals surface area contributed by atoms with Crippen molar-refractivity contribution in [3.8, 4) is 0 Å². The van der Waals surface area contributed by atoms with Crippen LogP contribution in [0.15, 0.2) is 0 Å². The van der Waals surface area contributed by atoms with E-state index < -0.39 is 0 Å². The fourth-order valence-corrected chi connectivity index (χ4v) is 11.6. The van der Waals surface area contributed by atoms with Gasteiger partial charge < -0.3 is 9.47 Å². The van der Waals surface area contributed by atoms with Crippen molar-refractivity contribution in [2.24, 2.45) is 46.8 Å². The molecule has 4 nitrogen and oxygen atoms in total. The Morgan fingerprint density at radius 1 is 0.966 bits per heavy atom. The molecule has 0 radical (unpaired) electrons. The van der Waals surface area contributed by atoms with E-state index in [1.807, 2.05) is 25.6 Å². The lowest BCUT2D eigenvalue weighted by Gasteiger charge is -2.49. The molecule has 0 aromatic rings. The third kappa shape index (κ3) is 2.66. The predicted molar refractivity (Wildman–Crippen MR) is 115 cm³/mol. The zero-order valence-corrected chi connectivity index (χ0v) is 19.4. The fourth-order valence-electron chi connectivity index (χ4n) is 7.62. The van der Waals surface area contributed by atoms with Crippen LogP contribution in [0, 0.1) is 46.8 Å². The molecule has 7 rings (SSSR count). The molecule has 4 aliphatic carbocycles. The highest BCUT2D eigenvalue weighted by atomic mass is 32.2. The zero-order valence-electron chi connectivity index (χ0n) is 17.8. The quantitative estimate of drug-likeness (QED) is 0.463. The van der Waals surface area contributed by atoms with E-state index in [1.165, 1.54) is 19.3 Å². The van der Waals surface area contributed by atoms with Gasteiger partial charge in [0.25, 0.3) is 0 Å². The lowest BCUT2D eigenvalue weighted by molar-refractivity contribution is -0.161. The maximum atomic E-state index is 12.9. The van der Waals surface area contributed by atoms with Crippen molar-refractivity contribution in [1.29, 1.82) is 0 Å². The van der Waals surface area contributed by atoms with Crippen LogP contribution in [0.25, 0.3) is 0 Å².